The lowest BCUT2D eigenvalue weighted by Gasteiger charge is -2.07. The zero-order valence-corrected chi connectivity index (χ0v) is 12.9. The molecule has 0 saturated heterocycles. The van der Waals surface area contributed by atoms with E-state index in [1.807, 2.05) is 6.07 Å². The Bertz CT molecular complexity index is 787. The lowest BCUT2D eigenvalue weighted by molar-refractivity contribution is 0.949. The van der Waals surface area contributed by atoms with Crippen LogP contribution in [0.1, 0.15) is 37.1 Å². The first kappa shape index (κ1) is 11.6. The first-order chi connectivity index (χ1) is 9.29. The number of nitrogens with zero attached hydrogens (tertiary/aromatic N) is 3. The molecule has 0 spiro atoms. The number of pyridine rings is 2. The summed E-state index contributed by atoms with van der Waals surface area (Å²) in [7, 11) is 0. The van der Waals surface area contributed by atoms with Gasteiger partial charge in [-0.15, -0.1) is 0 Å². The van der Waals surface area contributed by atoms with Crippen LogP contribution in [-0.4, -0.2) is 14.4 Å². The van der Waals surface area contributed by atoms with Crippen molar-refractivity contribution in [2.45, 2.75) is 32.1 Å². The molecule has 3 heterocycles. The van der Waals surface area contributed by atoms with Gasteiger partial charge in [-0.3, -0.25) is 9.38 Å². The lowest BCUT2D eigenvalue weighted by Crippen LogP contribution is -2.00. The van der Waals surface area contributed by atoms with E-state index in [0.717, 1.165) is 23.3 Å². The third kappa shape index (κ3) is 1.69. The van der Waals surface area contributed by atoms with Crippen LogP contribution in [0.2, 0.25) is 0 Å². The average molecular weight is 363 g/mol. The van der Waals surface area contributed by atoms with Gasteiger partial charge in [0.1, 0.15) is 11.2 Å². The van der Waals surface area contributed by atoms with E-state index in [-0.39, 0.29) is 0 Å². The number of rotatable bonds is 2. The van der Waals surface area contributed by atoms with E-state index in [1.165, 1.54) is 27.6 Å². The SMILES string of the molecule is CCc1nc(C2CC2)c(I)c2c1nc1ccccn12. The van der Waals surface area contributed by atoms with Crippen molar-refractivity contribution in [3.05, 3.63) is 39.4 Å². The second-order valence-corrected chi connectivity index (χ2v) is 6.20. The second-order valence-electron chi connectivity index (χ2n) is 5.12. The van der Waals surface area contributed by atoms with E-state index >= 15 is 0 Å². The van der Waals surface area contributed by atoms with Crippen molar-refractivity contribution < 1.29 is 0 Å². The Balaban J connectivity index is 2.18. The molecule has 3 nitrogen and oxygen atoms in total. The normalized spacial score (nSPS) is 15.5. The predicted octanol–water partition coefficient (Wildman–Crippen LogP) is 3.93. The molecule has 0 aromatic carbocycles. The van der Waals surface area contributed by atoms with Gasteiger partial charge in [-0.25, -0.2) is 4.98 Å². The number of hydrogen-bond donors (Lipinski definition) is 0. The van der Waals surface area contributed by atoms with Crippen molar-refractivity contribution >= 4 is 39.3 Å². The summed E-state index contributed by atoms with van der Waals surface area (Å²) in [4.78, 5) is 9.66. The maximum Gasteiger partial charge on any atom is 0.138 e. The molecular weight excluding hydrogens is 349 g/mol. The van der Waals surface area contributed by atoms with Crippen LogP contribution in [0.4, 0.5) is 0 Å². The zero-order valence-electron chi connectivity index (χ0n) is 10.7. The highest BCUT2D eigenvalue weighted by Crippen LogP contribution is 2.43. The summed E-state index contributed by atoms with van der Waals surface area (Å²) in [6.07, 6.45) is 5.61. The standard InChI is InChI=1S/C15H14IN3/c1-2-10-14-15(12(16)13(17-10)9-6-7-9)19-8-4-3-5-11(19)18-14/h3-5,8-9H,2,6-7H2,1H3. The molecule has 3 aromatic rings. The Morgan fingerprint density at radius 2 is 2.16 bits per heavy atom. The highest BCUT2D eigenvalue weighted by Gasteiger charge is 2.29. The minimum Gasteiger partial charge on any atom is -0.298 e. The van der Waals surface area contributed by atoms with Gasteiger partial charge in [0.2, 0.25) is 0 Å². The molecule has 1 saturated carbocycles. The van der Waals surface area contributed by atoms with Crippen LogP contribution in [0.15, 0.2) is 24.4 Å². The van der Waals surface area contributed by atoms with E-state index in [2.05, 4.69) is 52.2 Å². The van der Waals surface area contributed by atoms with E-state index < -0.39 is 0 Å². The summed E-state index contributed by atoms with van der Waals surface area (Å²) < 4.78 is 3.48. The molecule has 0 amide bonds. The summed E-state index contributed by atoms with van der Waals surface area (Å²) >= 11 is 2.45. The molecule has 96 valence electrons. The molecular formula is C15H14IN3. The topological polar surface area (TPSA) is 30.2 Å². The summed E-state index contributed by atoms with van der Waals surface area (Å²) in [6, 6.07) is 6.16. The molecule has 3 aromatic heterocycles. The first-order valence-electron chi connectivity index (χ1n) is 6.74. The minimum absolute atomic E-state index is 0.677. The second kappa shape index (κ2) is 4.16. The molecule has 1 fully saturated rings. The smallest absolute Gasteiger partial charge is 0.138 e. The molecule has 4 heteroatoms. The Kier molecular flexibility index (Phi) is 2.55. The van der Waals surface area contributed by atoms with Crippen molar-refractivity contribution in [2.24, 2.45) is 0 Å². The minimum atomic E-state index is 0.677. The third-order valence-electron chi connectivity index (χ3n) is 3.79. The van der Waals surface area contributed by atoms with Crippen LogP contribution >= 0.6 is 22.6 Å². The van der Waals surface area contributed by atoms with Gasteiger partial charge < -0.3 is 0 Å². The maximum absolute atomic E-state index is 4.89. The molecule has 0 atom stereocenters. The van der Waals surface area contributed by atoms with Gasteiger partial charge in [0.15, 0.2) is 0 Å². The van der Waals surface area contributed by atoms with E-state index in [1.54, 1.807) is 0 Å². The Labute approximate surface area is 125 Å². The van der Waals surface area contributed by atoms with Crippen molar-refractivity contribution in [2.75, 3.05) is 0 Å². The summed E-state index contributed by atoms with van der Waals surface area (Å²) in [5, 5.41) is 0. The fourth-order valence-corrected chi connectivity index (χ4v) is 3.73. The van der Waals surface area contributed by atoms with Crippen LogP contribution in [0.3, 0.4) is 0 Å². The zero-order chi connectivity index (χ0) is 13.0. The quantitative estimate of drug-likeness (QED) is 0.646. The Hall–Kier alpha value is -1.17. The van der Waals surface area contributed by atoms with Gasteiger partial charge in [-0.05, 0) is 54.0 Å². The van der Waals surface area contributed by atoms with Crippen molar-refractivity contribution in [1.29, 1.82) is 0 Å². The van der Waals surface area contributed by atoms with Crippen molar-refractivity contribution in [3.63, 3.8) is 0 Å². The van der Waals surface area contributed by atoms with Gasteiger partial charge >= 0.3 is 0 Å². The van der Waals surface area contributed by atoms with Gasteiger partial charge in [-0.2, -0.15) is 0 Å². The number of hydrogen-bond acceptors (Lipinski definition) is 2. The molecule has 1 aliphatic carbocycles. The molecule has 1 aliphatic rings. The lowest BCUT2D eigenvalue weighted by atomic mass is 10.2. The van der Waals surface area contributed by atoms with Gasteiger partial charge in [0.05, 0.1) is 20.5 Å². The summed E-state index contributed by atoms with van der Waals surface area (Å²) in [5.41, 5.74) is 5.75. The van der Waals surface area contributed by atoms with Crippen molar-refractivity contribution in [1.82, 2.24) is 14.4 Å². The van der Waals surface area contributed by atoms with Crippen molar-refractivity contribution in [3.8, 4) is 0 Å². The fourth-order valence-electron chi connectivity index (χ4n) is 2.65. The first-order valence-corrected chi connectivity index (χ1v) is 7.82. The van der Waals surface area contributed by atoms with E-state index in [0.29, 0.717) is 5.92 Å². The Morgan fingerprint density at radius 3 is 2.89 bits per heavy atom. The molecule has 4 rings (SSSR count). The fraction of sp³-hybridized carbons (Fsp3) is 0.333. The van der Waals surface area contributed by atoms with E-state index in [4.69, 9.17) is 9.97 Å². The van der Waals surface area contributed by atoms with E-state index in [9.17, 15) is 0 Å². The van der Waals surface area contributed by atoms with Gasteiger partial charge in [0, 0.05) is 12.1 Å². The molecule has 0 unspecified atom stereocenters. The van der Waals surface area contributed by atoms with Crippen LogP contribution in [0, 0.1) is 3.57 Å². The monoisotopic (exact) mass is 363 g/mol. The molecule has 0 radical (unpaired) electrons. The number of aromatic nitrogens is 3. The van der Waals surface area contributed by atoms with Crippen LogP contribution < -0.4 is 0 Å². The number of fused-ring (bicyclic) bond motifs is 3. The summed E-state index contributed by atoms with van der Waals surface area (Å²) in [6.45, 7) is 2.16. The molecule has 0 N–H and O–H groups in total. The number of halogens is 1. The van der Waals surface area contributed by atoms with Crippen LogP contribution in [0.5, 0.6) is 0 Å². The maximum atomic E-state index is 4.89. The molecule has 19 heavy (non-hydrogen) atoms. The van der Waals surface area contributed by atoms with Gasteiger partial charge in [-0.1, -0.05) is 13.0 Å². The largest absolute Gasteiger partial charge is 0.298 e. The van der Waals surface area contributed by atoms with Gasteiger partial charge in [0.25, 0.3) is 0 Å². The highest BCUT2D eigenvalue weighted by atomic mass is 127. The molecule has 0 aliphatic heterocycles. The van der Waals surface area contributed by atoms with Crippen LogP contribution in [-0.2, 0) is 6.42 Å². The average Bonchev–Trinajstić information content (AvgIpc) is 3.19. The summed E-state index contributed by atoms with van der Waals surface area (Å²) in [5.74, 6) is 0.677. The van der Waals surface area contributed by atoms with Crippen LogP contribution in [0.25, 0.3) is 16.7 Å². The predicted molar refractivity (Wildman–Crippen MR) is 84.6 cm³/mol. The number of imidazole rings is 1. The third-order valence-corrected chi connectivity index (χ3v) is 4.85. The number of aryl methyl sites for hydroxylation is 1. The highest BCUT2D eigenvalue weighted by molar-refractivity contribution is 14.1. The Morgan fingerprint density at radius 1 is 1.32 bits per heavy atom. The molecule has 0 bridgehead atoms.